The van der Waals surface area contributed by atoms with Crippen LogP contribution in [0.15, 0.2) is 12.7 Å². The summed E-state index contributed by atoms with van der Waals surface area (Å²) in [7, 11) is 0. The maximum absolute atomic E-state index is 13.7. The van der Waals surface area contributed by atoms with E-state index in [9.17, 15) is 9.59 Å². The van der Waals surface area contributed by atoms with Crippen molar-refractivity contribution in [2.45, 2.75) is 182 Å². The molecule has 5 nitrogen and oxygen atoms in total. The number of rotatable bonds is 25. The van der Waals surface area contributed by atoms with Crippen LogP contribution in [0, 0.1) is 5.41 Å². The third kappa shape index (κ3) is 20.5. The fraction of sp³-hybridized carbons (Fsp3) is 0.886. The summed E-state index contributed by atoms with van der Waals surface area (Å²) in [6, 6.07) is 0. The van der Waals surface area contributed by atoms with E-state index in [2.05, 4.69) is 6.58 Å². The molecule has 0 fully saturated rings. The van der Waals surface area contributed by atoms with Gasteiger partial charge in [0, 0.05) is 13.2 Å². The van der Waals surface area contributed by atoms with E-state index in [0.29, 0.717) is 12.8 Å². The van der Waals surface area contributed by atoms with Crippen LogP contribution in [-0.2, 0) is 23.8 Å². The zero-order valence-corrected chi connectivity index (χ0v) is 27.7. The van der Waals surface area contributed by atoms with E-state index in [1.165, 1.54) is 57.8 Å². The van der Waals surface area contributed by atoms with Gasteiger partial charge in [0.1, 0.15) is 11.2 Å². The van der Waals surface area contributed by atoms with Crippen LogP contribution < -0.4 is 0 Å². The molecular formula is C35H66O5. The van der Waals surface area contributed by atoms with Gasteiger partial charge < -0.3 is 14.2 Å². The standard InChI is InChI=1S/C35H66O5/c1-9-11-12-13-14-16-19-22-25-28-35(31(36)39-33(3,4)5,32(37)40-34(6,7)8)29-26-23-20-17-15-18-21-24-27-30-38-10-2/h9H,1,10-30H2,2-8H3. The molecule has 0 aromatic heterocycles. The highest BCUT2D eigenvalue weighted by molar-refractivity contribution is 6.00. The Morgan fingerprint density at radius 2 is 0.925 bits per heavy atom. The molecule has 0 rings (SSSR count). The Labute approximate surface area is 248 Å². The van der Waals surface area contributed by atoms with Crippen LogP contribution in [0.4, 0.5) is 0 Å². The van der Waals surface area contributed by atoms with Crippen LogP contribution in [0.2, 0.25) is 0 Å². The molecule has 0 aliphatic carbocycles. The normalized spacial score (nSPS) is 12.4. The second-order valence-electron chi connectivity index (χ2n) is 13.5. The van der Waals surface area contributed by atoms with Gasteiger partial charge in [0.2, 0.25) is 0 Å². The second kappa shape index (κ2) is 22.3. The molecule has 0 heterocycles. The average Bonchev–Trinajstić information content (AvgIpc) is 2.85. The molecule has 0 aromatic rings. The Kier molecular flexibility index (Phi) is 21.5. The predicted octanol–water partition coefficient (Wildman–Crippen LogP) is 10.3. The Morgan fingerprint density at radius 3 is 1.27 bits per heavy atom. The minimum Gasteiger partial charge on any atom is -0.459 e. The minimum absolute atomic E-state index is 0.411. The van der Waals surface area contributed by atoms with Gasteiger partial charge in [0.25, 0.3) is 0 Å². The van der Waals surface area contributed by atoms with Gasteiger partial charge in [-0.05, 0) is 80.6 Å². The number of ether oxygens (including phenoxy) is 3. The van der Waals surface area contributed by atoms with Crippen molar-refractivity contribution in [3.05, 3.63) is 12.7 Å². The van der Waals surface area contributed by atoms with Crippen LogP contribution >= 0.6 is 0 Å². The molecule has 0 saturated heterocycles. The molecule has 0 radical (unpaired) electrons. The minimum atomic E-state index is -1.23. The highest BCUT2D eigenvalue weighted by Crippen LogP contribution is 2.38. The Morgan fingerprint density at radius 1 is 0.575 bits per heavy atom. The van der Waals surface area contributed by atoms with Crippen molar-refractivity contribution >= 4 is 11.9 Å². The monoisotopic (exact) mass is 566 g/mol. The molecule has 0 aliphatic heterocycles. The summed E-state index contributed by atoms with van der Waals surface area (Å²) in [6.45, 7) is 18.7. The lowest BCUT2D eigenvalue weighted by Crippen LogP contribution is -2.46. The molecule has 0 aliphatic rings. The van der Waals surface area contributed by atoms with E-state index in [4.69, 9.17) is 14.2 Å². The van der Waals surface area contributed by atoms with Gasteiger partial charge in [-0.2, -0.15) is 0 Å². The van der Waals surface area contributed by atoms with Gasteiger partial charge in [-0.1, -0.05) is 96.0 Å². The average molecular weight is 567 g/mol. The van der Waals surface area contributed by atoms with Crippen LogP contribution in [0.1, 0.15) is 170 Å². The smallest absolute Gasteiger partial charge is 0.324 e. The van der Waals surface area contributed by atoms with Crippen molar-refractivity contribution in [3.8, 4) is 0 Å². The van der Waals surface area contributed by atoms with Crippen molar-refractivity contribution in [1.82, 2.24) is 0 Å². The summed E-state index contributed by atoms with van der Waals surface area (Å²) in [6.07, 6.45) is 22.2. The Balaban J connectivity index is 5.03. The summed E-state index contributed by atoms with van der Waals surface area (Å²) in [5.41, 5.74) is -2.54. The summed E-state index contributed by atoms with van der Waals surface area (Å²) < 4.78 is 17.2. The molecule has 0 N–H and O–H groups in total. The Hall–Kier alpha value is -1.36. The molecule has 0 saturated carbocycles. The van der Waals surface area contributed by atoms with E-state index in [0.717, 1.165) is 64.6 Å². The lowest BCUT2D eigenvalue weighted by atomic mass is 9.77. The number of hydrogen-bond donors (Lipinski definition) is 0. The number of carbonyl (C=O) groups excluding carboxylic acids is 2. The number of allylic oxidation sites excluding steroid dienone is 1. The first-order chi connectivity index (χ1) is 18.9. The van der Waals surface area contributed by atoms with Crippen molar-refractivity contribution < 1.29 is 23.8 Å². The highest BCUT2D eigenvalue weighted by atomic mass is 16.6. The molecule has 0 unspecified atom stereocenters. The molecule has 0 amide bonds. The number of hydrogen-bond acceptors (Lipinski definition) is 5. The predicted molar refractivity (Wildman–Crippen MR) is 169 cm³/mol. The molecule has 0 aromatic carbocycles. The molecule has 236 valence electrons. The SMILES string of the molecule is C=CCCCCCCCCCC(CCCCCCCCCCCOCC)(C(=O)OC(C)(C)C)C(=O)OC(C)(C)C. The van der Waals surface area contributed by atoms with Crippen molar-refractivity contribution in [1.29, 1.82) is 0 Å². The molecule has 0 atom stereocenters. The van der Waals surface area contributed by atoms with E-state index in [-0.39, 0.29) is 0 Å². The summed E-state index contributed by atoms with van der Waals surface area (Å²) in [4.78, 5) is 27.3. The van der Waals surface area contributed by atoms with Crippen LogP contribution in [0.25, 0.3) is 0 Å². The summed E-state index contributed by atoms with van der Waals surface area (Å²) in [5, 5.41) is 0. The quantitative estimate of drug-likeness (QED) is 0.0476. The lowest BCUT2D eigenvalue weighted by Gasteiger charge is -2.35. The first kappa shape index (κ1) is 38.6. The fourth-order valence-corrected chi connectivity index (χ4v) is 4.98. The first-order valence-electron chi connectivity index (χ1n) is 16.5. The molecule has 0 bridgehead atoms. The van der Waals surface area contributed by atoms with Crippen molar-refractivity contribution in [3.63, 3.8) is 0 Å². The van der Waals surface area contributed by atoms with Crippen molar-refractivity contribution in [2.24, 2.45) is 5.41 Å². The zero-order valence-electron chi connectivity index (χ0n) is 27.7. The van der Waals surface area contributed by atoms with E-state index in [1.54, 1.807) is 0 Å². The van der Waals surface area contributed by atoms with Crippen molar-refractivity contribution in [2.75, 3.05) is 13.2 Å². The third-order valence-corrected chi connectivity index (χ3v) is 7.19. The van der Waals surface area contributed by atoms with Gasteiger partial charge in [-0.15, -0.1) is 6.58 Å². The van der Waals surface area contributed by atoms with Gasteiger partial charge in [-0.3, -0.25) is 9.59 Å². The topological polar surface area (TPSA) is 61.8 Å². The largest absolute Gasteiger partial charge is 0.459 e. The maximum atomic E-state index is 13.7. The van der Waals surface area contributed by atoms with Crippen LogP contribution in [0.3, 0.4) is 0 Å². The number of carbonyl (C=O) groups is 2. The number of unbranched alkanes of at least 4 members (excludes halogenated alkanes) is 15. The summed E-state index contributed by atoms with van der Waals surface area (Å²) >= 11 is 0. The number of esters is 2. The lowest BCUT2D eigenvalue weighted by molar-refractivity contribution is -0.187. The van der Waals surface area contributed by atoms with Gasteiger partial charge in [0.05, 0.1) is 0 Å². The molecular weight excluding hydrogens is 500 g/mol. The highest BCUT2D eigenvalue weighted by Gasteiger charge is 2.50. The van der Waals surface area contributed by atoms with Crippen LogP contribution in [0.5, 0.6) is 0 Å². The van der Waals surface area contributed by atoms with E-state index in [1.807, 2.05) is 54.5 Å². The molecule has 40 heavy (non-hydrogen) atoms. The fourth-order valence-electron chi connectivity index (χ4n) is 4.98. The van der Waals surface area contributed by atoms with E-state index >= 15 is 0 Å². The zero-order chi connectivity index (χ0) is 30.3. The van der Waals surface area contributed by atoms with E-state index < -0.39 is 28.6 Å². The van der Waals surface area contributed by atoms with Gasteiger partial charge in [-0.25, -0.2) is 0 Å². The second-order valence-corrected chi connectivity index (χ2v) is 13.5. The third-order valence-electron chi connectivity index (χ3n) is 7.19. The molecule has 0 spiro atoms. The molecule has 5 heteroatoms. The Bertz CT molecular complexity index is 628. The summed E-state index contributed by atoms with van der Waals surface area (Å²) in [5.74, 6) is -0.823. The first-order valence-corrected chi connectivity index (χ1v) is 16.5. The van der Waals surface area contributed by atoms with Gasteiger partial charge in [0.15, 0.2) is 5.41 Å². The maximum Gasteiger partial charge on any atom is 0.324 e. The van der Waals surface area contributed by atoms with Gasteiger partial charge >= 0.3 is 11.9 Å². The van der Waals surface area contributed by atoms with Crippen LogP contribution in [-0.4, -0.2) is 36.4 Å².